The van der Waals surface area contributed by atoms with Crippen molar-refractivity contribution < 1.29 is 0 Å². The second kappa shape index (κ2) is 4.88. The third-order valence-electron chi connectivity index (χ3n) is 5.42. The normalized spacial score (nSPS) is 28.6. The topological polar surface area (TPSA) is 29.9 Å². The second-order valence-electron chi connectivity index (χ2n) is 6.65. The van der Waals surface area contributed by atoms with E-state index in [0.717, 1.165) is 24.3 Å². The van der Waals surface area contributed by atoms with Crippen molar-refractivity contribution in [1.29, 1.82) is 0 Å². The van der Waals surface area contributed by atoms with Crippen LogP contribution in [0, 0.1) is 17.8 Å². The first kappa shape index (κ1) is 12.4. The number of fused-ring (bicyclic) bond motifs is 3. The Kier molecular flexibility index (Phi) is 3.03. The quantitative estimate of drug-likeness (QED) is 0.924. The molecule has 1 aromatic heterocycles. The molecule has 3 atom stereocenters. The molecule has 0 amide bonds. The minimum Gasteiger partial charge on any atom is -0.311 e. The van der Waals surface area contributed by atoms with Gasteiger partial charge in [0.1, 0.15) is 0 Å². The monoisotopic (exact) mass is 269 g/mol. The Balaban J connectivity index is 1.41. The van der Waals surface area contributed by atoms with E-state index in [9.17, 15) is 0 Å². The highest BCUT2D eigenvalue weighted by atomic mass is 15.3. The molecule has 2 bridgehead atoms. The molecule has 3 nitrogen and oxygen atoms in total. The van der Waals surface area contributed by atoms with E-state index in [0.29, 0.717) is 0 Å². The molecule has 1 N–H and O–H groups in total. The van der Waals surface area contributed by atoms with Gasteiger partial charge in [-0.1, -0.05) is 24.6 Å². The fourth-order valence-corrected chi connectivity index (χ4v) is 4.42. The zero-order valence-corrected chi connectivity index (χ0v) is 12.2. The fourth-order valence-electron chi connectivity index (χ4n) is 4.42. The van der Waals surface area contributed by atoms with Gasteiger partial charge in [-0.05, 0) is 49.6 Å². The molecule has 106 valence electrons. The van der Waals surface area contributed by atoms with E-state index in [-0.39, 0.29) is 0 Å². The van der Waals surface area contributed by atoms with E-state index in [1.54, 1.807) is 0 Å². The molecule has 2 aromatic rings. The van der Waals surface area contributed by atoms with Crippen molar-refractivity contribution in [2.45, 2.75) is 32.2 Å². The number of hydrogen-bond donors (Lipinski definition) is 1. The zero-order chi connectivity index (χ0) is 13.5. The lowest BCUT2D eigenvalue weighted by Crippen LogP contribution is -2.26. The third-order valence-corrected chi connectivity index (χ3v) is 5.42. The molecular weight excluding hydrogens is 246 g/mol. The lowest BCUT2D eigenvalue weighted by molar-refractivity contribution is 0.318. The van der Waals surface area contributed by atoms with Gasteiger partial charge in [-0.25, -0.2) is 0 Å². The van der Waals surface area contributed by atoms with Gasteiger partial charge in [0.25, 0.3) is 0 Å². The summed E-state index contributed by atoms with van der Waals surface area (Å²) in [6, 6.07) is 8.50. The molecule has 3 unspecified atom stereocenters. The summed E-state index contributed by atoms with van der Waals surface area (Å²) in [4.78, 5) is 0. The van der Waals surface area contributed by atoms with Crippen LogP contribution in [0.4, 0.5) is 0 Å². The van der Waals surface area contributed by atoms with Crippen LogP contribution in [0.3, 0.4) is 0 Å². The molecule has 2 saturated carbocycles. The molecule has 3 heteroatoms. The Labute approximate surface area is 120 Å². The molecule has 2 aliphatic rings. The summed E-state index contributed by atoms with van der Waals surface area (Å²) in [6.45, 7) is 2.07. The van der Waals surface area contributed by atoms with Gasteiger partial charge in [0.05, 0.1) is 11.2 Å². The highest BCUT2D eigenvalue weighted by Gasteiger charge is 2.38. The highest BCUT2D eigenvalue weighted by Crippen LogP contribution is 2.47. The molecule has 2 fully saturated rings. The Morgan fingerprint density at radius 2 is 2.15 bits per heavy atom. The van der Waals surface area contributed by atoms with E-state index < -0.39 is 0 Å². The van der Waals surface area contributed by atoms with Crippen LogP contribution in [0.25, 0.3) is 10.9 Å². The summed E-state index contributed by atoms with van der Waals surface area (Å²) in [6.07, 6.45) is 5.93. The maximum Gasteiger partial charge on any atom is 0.0841 e. The number of rotatable bonds is 4. The van der Waals surface area contributed by atoms with E-state index in [4.69, 9.17) is 0 Å². The molecule has 20 heavy (non-hydrogen) atoms. The summed E-state index contributed by atoms with van der Waals surface area (Å²) in [5.74, 6) is 2.97. The van der Waals surface area contributed by atoms with E-state index in [1.165, 1.54) is 48.8 Å². The molecule has 0 spiro atoms. The van der Waals surface area contributed by atoms with E-state index >= 15 is 0 Å². The van der Waals surface area contributed by atoms with Crippen molar-refractivity contribution in [2.24, 2.45) is 24.8 Å². The van der Waals surface area contributed by atoms with Gasteiger partial charge in [0.15, 0.2) is 0 Å². The number of nitrogens with one attached hydrogen (secondary N) is 1. The average Bonchev–Trinajstić information content (AvgIpc) is 3.15. The largest absolute Gasteiger partial charge is 0.311 e. The predicted octanol–water partition coefficient (Wildman–Crippen LogP) is 3.10. The molecule has 0 radical (unpaired) electrons. The van der Waals surface area contributed by atoms with Gasteiger partial charge >= 0.3 is 0 Å². The van der Waals surface area contributed by atoms with E-state index in [2.05, 4.69) is 34.7 Å². The zero-order valence-electron chi connectivity index (χ0n) is 12.2. The van der Waals surface area contributed by atoms with Gasteiger partial charge in [-0.15, -0.1) is 0 Å². The Morgan fingerprint density at radius 1 is 1.25 bits per heavy atom. The molecule has 1 aromatic carbocycles. The number of hydrogen-bond acceptors (Lipinski definition) is 2. The van der Waals surface area contributed by atoms with E-state index in [1.807, 2.05) is 11.7 Å². The number of benzene rings is 1. The summed E-state index contributed by atoms with van der Waals surface area (Å²) in [5, 5.41) is 9.60. The molecule has 0 saturated heterocycles. The van der Waals surface area contributed by atoms with Crippen molar-refractivity contribution in [3.8, 4) is 0 Å². The summed E-state index contributed by atoms with van der Waals surface area (Å²) < 4.78 is 1.99. The van der Waals surface area contributed by atoms with Crippen LogP contribution in [-0.4, -0.2) is 16.3 Å². The maximum absolute atomic E-state index is 4.66. The van der Waals surface area contributed by atoms with Crippen LogP contribution in [0.5, 0.6) is 0 Å². The lowest BCUT2D eigenvalue weighted by atomic mass is 9.89. The first-order valence-electron chi connectivity index (χ1n) is 7.92. The van der Waals surface area contributed by atoms with Gasteiger partial charge in [0, 0.05) is 19.0 Å². The summed E-state index contributed by atoms with van der Waals surface area (Å²) in [5.41, 5.74) is 2.41. The second-order valence-corrected chi connectivity index (χ2v) is 6.65. The minimum atomic E-state index is 0.898. The Hall–Kier alpha value is -1.35. The van der Waals surface area contributed by atoms with Gasteiger partial charge in [-0.3, -0.25) is 4.68 Å². The van der Waals surface area contributed by atoms with Crippen molar-refractivity contribution in [1.82, 2.24) is 15.1 Å². The van der Waals surface area contributed by atoms with Crippen LogP contribution < -0.4 is 5.32 Å². The maximum atomic E-state index is 4.66. The van der Waals surface area contributed by atoms with Gasteiger partial charge in [-0.2, -0.15) is 5.10 Å². The van der Waals surface area contributed by atoms with Gasteiger partial charge in [0.2, 0.25) is 0 Å². The SMILES string of the molecule is Cn1nc(CNCC2CC3CCC2C3)c2ccccc21. The number of para-hydroxylation sites is 1. The summed E-state index contributed by atoms with van der Waals surface area (Å²) in [7, 11) is 2.03. The Bertz CT molecular complexity index is 616. The predicted molar refractivity (Wildman–Crippen MR) is 81.4 cm³/mol. The lowest BCUT2D eigenvalue weighted by Gasteiger charge is -2.21. The number of nitrogens with zero attached hydrogens (tertiary/aromatic N) is 2. The average molecular weight is 269 g/mol. The van der Waals surface area contributed by atoms with Crippen LogP contribution in [0.1, 0.15) is 31.4 Å². The Morgan fingerprint density at radius 3 is 2.95 bits per heavy atom. The molecule has 2 aliphatic carbocycles. The third kappa shape index (κ3) is 2.05. The van der Waals surface area contributed by atoms with Gasteiger partial charge < -0.3 is 5.32 Å². The standard InChI is InChI=1S/C17H23N3/c1-20-17-5-3-2-4-15(17)16(19-20)11-18-10-14-9-12-6-7-13(14)8-12/h2-5,12-14,18H,6-11H2,1H3. The first-order valence-corrected chi connectivity index (χ1v) is 7.92. The molecule has 0 aliphatic heterocycles. The molecule has 1 heterocycles. The van der Waals surface area contributed by atoms with Crippen molar-refractivity contribution >= 4 is 10.9 Å². The highest BCUT2D eigenvalue weighted by molar-refractivity contribution is 5.81. The van der Waals surface area contributed by atoms with Crippen molar-refractivity contribution in [3.63, 3.8) is 0 Å². The fraction of sp³-hybridized carbons (Fsp3) is 0.588. The van der Waals surface area contributed by atoms with Crippen LogP contribution in [0.2, 0.25) is 0 Å². The first-order chi connectivity index (χ1) is 9.81. The minimum absolute atomic E-state index is 0.898. The number of aromatic nitrogens is 2. The smallest absolute Gasteiger partial charge is 0.0841 e. The summed E-state index contributed by atoms with van der Waals surface area (Å²) >= 11 is 0. The molecular formula is C17H23N3. The number of aryl methyl sites for hydroxylation is 1. The van der Waals surface area contributed by atoms with Crippen molar-refractivity contribution in [3.05, 3.63) is 30.0 Å². The van der Waals surface area contributed by atoms with Crippen molar-refractivity contribution in [2.75, 3.05) is 6.54 Å². The molecule has 4 rings (SSSR count). The van der Waals surface area contributed by atoms with Crippen LogP contribution in [-0.2, 0) is 13.6 Å². The van der Waals surface area contributed by atoms with Crippen LogP contribution in [0.15, 0.2) is 24.3 Å². The van der Waals surface area contributed by atoms with Crippen LogP contribution >= 0.6 is 0 Å².